The fourth-order valence-electron chi connectivity index (χ4n) is 1.69. The summed E-state index contributed by atoms with van der Waals surface area (Å²) >= 11 is 0. The van der Waals surface area contributed by atoms with Crippen molar-refractivity contribution in [2.24, 2.45) is 5.41 Å². The van der Waals surface area contributed by atoms with E-state index in [1.807, 2.05) is 20.9 Å². The molecule has 0 aliphatic carbocycles. The van der Waals surface area contributed by atoms with Crippen LogP contribution in [0, 0.1) is 5.41 Å². The Labute approximate surface area is 109 Å². The monoisotopic (exact) mass is 255 g/mol. The predicted molar refractivity (Wildman–Crippen MR) is 70.3 cm³/mol. The van der Waals surface area contributed by atoms with E-state index in [0.717, 1.165) is 0 Å². The molecule has 0 saturated heterocycles. The van der Waals surface area contributed by atoms with E-state index in [0.29, 0.717) is 18.1 Å². The zero-order valence-electron chi connectivity index (χ0n) is 12.5. The summed E-state index contributed by atoms with van der Waals surface area (Å²) in [5, 5.41) is 7.28. The van der Waals surface area contributed by atoms with Crippen molar-refractivity contribution in [3.05, 3.63) is 11.7 Å². The van der Waals surface area contributed by atoms with Gasteiger partial charge < -0.3 is 14.6 Å². The van der Waals surface area contributed by atoms with Crippen LogP contribution in [0.25, 0.3) is 0 Å². The third kappa shape index (κ3) is 3.53. The molecule has 0 spiro atoms. The molecule has 5 nitrogen and oxygen atoms in total. The van der Waals surface area contributed by atoms with Crippen LogP contribution < -0.4 is 5.32 Å². The summed E-state index contributed by atoms with van der Waals surface area (Å²) in [6.45, 7) is 10.4. The van der Waals surface area contributed by atoms with Crippen molar-refractivity contribution in [3.63, 3.8) is 0 Å². The Bertz CT molecular complexity index is 380. The van der Waals surface area contributed by atoms with Crippen molar-refractivity contribution >= 4 is 0 Å². The highest BCUT2D eigenvalue weighted by Crippen LogP contribution is 2.24. The van der Waals surface area contributed by atoms with Gasteiger partial charge in [0.1, 0.15) is 5.60 Å². The number of likely N-dealkylation sites (N-methyl/N-ethyl adjacent to an activating group) is 1. The number of ether oxygens (including phenoxy) is 1. The van der Waals surface area contributed by atoms with Gasteiger partial charge in [0.15, 0.2) is 0 Å². The van der Waals surface area contributed by atoms with Crippen LogP contribution >= 0.6 is 0 Å². The van der Waals surface area contributed by atoms with E-state index in [1.54, 1.807) is 7.11 Å². The maximum Gasteiger partial charge on any atom is 0.228 e. The number of aromatic nitrogens is 2. The summed E-state index contributed by atoms with van der Waals surface area (Å²) in [6.07, 6.45) is 0.715. The number of rotatable bonds is 5. The summed E-state index contributed by atoms with van der Waals surface area (Å²) in [5.41, 5.74) is -0.376. The largest absolute Gasteiger partial charge is 0.371 e. The molecular formula is C13H25N3O2. The third-order valence-corrected chi connectivity index (χ3v) is 3.29. The molecule has 0 aliphatic rings. The molecule has 0 aromatic carbocycles. The average molecular weight is 255 g/mol. The van der Waals surface area contributed by atoms with Crippen LogP contribution in [0.4, 0.5) is 0 Å². The Hall–Kier alpha value is -0.940. The van der Waals surface area contributed by atoms with Crippen LogP contribution in [0.1, 0.15) is 46.3 Å². The van der Waals surface area contributed by atoms with Gasteiger partial charge in [0.05, 0.1) is 0 Å². The lowest BCUT2D eigenvalue weighted by Crippen LogP contribution is -2.39. The Morgan fingerprint density at radius 1 is 1.28 bits per heavy atom. The Kier molecular flexibility index (Phi) is 4.50. The highest BCUT2D eigenvalue weighted by molar-refractivity contribution is 4.99. The lowest BCUT2D eigenvalue weighted by molar-refractivity contribution is 0.00973. The second-order valence-corrected chi connectivity index (χ2v) is 6.14. The average Bonchev–Trinajstić information content (AvgIpc) is 2.73. The van der Waals surface area contributed by atoms with Crippen LogP contribution in [-0.2, 0) is 16.8 Å². The minimum absolute atomic E-state index is 0.139. The van der Waals surface area contributed by atoms with E-state index < -0.39 is 5.60 Å². The van der Waals surface area contributed by atoms with Crippen LogP contribution in [0.2, 0.25) is 0 Å². The van der Waals surface area contributed by atoms with E-state index in [1.165, 1.54) is 0 Å². The van der Waals surface area contributed by atoms with Crippen LogP contribution in [0.5, 0.6) is 0 Å². The number of hydrogen-bond acceptors (Lipinski definition) is 5. The minimum Gasteiger partial charge on any atom is -0.371 e. The smallest absolute Gasteiger partial charge is 0.228 e. The van der Waals surface area contributed by atoms with Gasteiger partial charge in [0.2, 0.25) is 11.7 Å². The van der Waals surface area contributed by atoms with Crippen molar-refractivity contribution < 1.29 is 9.26 Å². The summed E-state index contributed by atoms with van der Waals surface area (Å²) in [6, 6.07) is 0.288. The SMILES string of the molecule is CNC(Cc1nc(C(C)(C)OC)no1)C(C)(C)C. The highest BCUT2D eigenvalue weighted by atomic mass is 16.5. The van der Waals surface area contributed by atoms with E-state index >= 15 is 0 Å². The van der Waals surface area contributed by atoms with E-state index in [4.69, 9.17) is 9.26 Å². The summed E-state index contributed by atoms with van der Waals surface area (Å²) in [7, 11) is 3.59. The van der Waals surface area contributed by atoms with Gasteiger partial charge in [-0.05, 0) is 26.3 Å². The molecule has 104 valence electrons. The predicted octanol–water partition coefficient (Wildman–Crippen LogP) is 2.13. The van der Waals surface area contributed by atoms with Crippen LogP contribution in [-0.4, -0.2) is 30.3 Å². The van der Waals surface area contributed by atoms with Gasteiger partial charge in [0.25, 0.3) is 0 Å². The van der Waals surface area contributed by atoms with Gasteiger partial charge in [-0.2, -0.15) is 4.98 Å². The maximum atomic E-state index is 5.33. The molecule has 0 saturated carbocycles. The number of methoxy groups -OCH3 is 1. The molecular weight excluding hydrogens is 230 g/mol. The Morgan fingerprint density at radius 2 is 1.89 bits per heavy atom. The molecule has 0 radical (unpaired) electrons. The number of nitrogens with one attached hydrogen (secondary N) is 1. The molecule has 1 atom stereocenters. The van der Waals surface area contributed by atoms with Gasteiger partial charge in [-0.3, -0.25) is 0 Å². The van der Waals surface area contributed by atoms with Gasteiger partial charge >= 0.3 is 0 Å². The molecule has 0 aliphatic heterocycles. The molecule has 0 fully saturated rings. The quantitative estimate of drug-likeness (QED) is 0.873. The fraction of sp³-hybridized carbons (Fsp3) is 0.846. The Morgan fingerprint density at radius 3 is 2.33 bits per heavy atom. The molecule has 1 rings (SSSR count). The first-order valence-electron chi connectivity index (χ1n) is 6.26. The molecule has 18 heavy (non-hydrogen) atoms. The second kappa shape index (κ2) is 5.36. The van der Waals surface area contributed by atoms with E-state index in [-0.39, 0.29) is 11.5 Å². The van der Waals surface area contributed by atoms with Crippen molar-refractivity contribution in [1.29, 1.82) is 0 Å². The number of nitrogens with zero attached hydrogens (tertiary/aromatic N) is 2. The lowest BCUT2D eigenvalue weighted by atomic mass is 9.85. The lowest BCUT2D eigenvalue weighted by Gasteiger charge is -2.29. The summed E-state index contributed by atoms with van der Waals surface area (Å²) in [5.74, 6) is 1.23. The van der Waals surface area contributed by atoms with Gasteiger partial charge in [-0.1, -0.05) is 25.9 Å². The van der Waals surface area contributed by atoms with Gasteiger partial charge in [-0.15, -0.1) is 0 Å². The van der Waals surface area contributed by atoms with Crippen molar-refractivity contribution in [2.75, 3.05) is 14.2 Å². The Balaban J connectivity index is 2.81. The molecule has 1 aromatic rings. The summed E-state index contributed by atoms with van der Waals surface area (Å²) in [4.78, 5) is 4.41. The second-order valence-electron chi connectivity index (χ2n) is 6.14. The van der Waals surface area contributed by atoms with Gasteiger partial charge in [0, 0.05) is 19.6 Å². The van der Waals surface area contributed by atoms with Crippen molar-refractivity contribution in [1.82, 2.24) is 15.5 Å². The molecule has 1 N–H and O–H groups in total. The summed E-state index contributed by atoms with van der Waals surface area (Å²) < 4.78 is 10.6. The third-order valence-electron chi connectivity index (χ3n) is 3.29. The standard InChI is InChI=1S/C13H25N3O2/c1-12(2,3)9(14-6)8-10-15-11(16-18-10)13(4,5)17-7/h9,14H,8H2,1-7H3. The molecule has 5 heteroatoms. The molecule has 1 heterocycles. The first kappa shape index (κ1) is 15.1. The molecule has 0 bridgehead atoms. The zero-order chi connectivity index (χ0) is 14.0. The fourth-order valence-corrected chi connectivity index (χ4v) is 1.69. The van der Waals surface area contributed by atoms with Crippen LogP contribution in [0.3, 0.4) is 0 Å². The highest BCUT2D eigenvalue weighted by Gasteiger charge is 2.29. The normalized spacial score (nSPS) is 14.8. The zero-order valence-corrected chi connectivity index (χ0v) is 12.5. The van der Waals surface area contributed by atoms with Crippen LogP contribution in [0.15, 0.2) is 4.52 Å². The van der Waals surface area contributed by atoms with E-state index in [2.05, 4.69) is 36.2 Å². The van der Waals surface area contributed by atoms with Crippen molar-refractivity contribution in [2.45, 2.75) is 52.7 Å². The maximum absolute atomic E-state index is 5.33. The topological polar surface area (TPSA) is 60.2 Å². The van der Waals surface area contributed by atoms with E-state index in [9.17, 15) is 0 Å². The minimum atomic E-state index is -0.515. The first-order valence-corrected chi connectivity index (χ1v) is 6.26. The first-order chi connectivity index (χ1) is 8.20. The van der Waals surface area contributed by atoms with Crippen molar-refractivity contribution in [3.8, 4) is 0 Å². The number of hydrogen-bond donors (Lipinski definition) is 1. The molecule has 1 aromatic heterocycles. The van der Waals surface area contributed by atoms with Gasteiger partial charge in [-0.25, -0.2) is 0 Å². The molecule has 1 unspecified atom stereocenters. The molecule has 0 amide bonds.